The fourth-order valence-corrected chi connectivity index (χ4v) is 1.89. The van der Waals surface area contributed by atoms with Crippen molar-refractivity contribution >= 4 is 6.29 Å². The first kappa shape index (κ1) is 14.7. The molecule has 0 saturated heterocycles. The van der Waals surface area contributed by atoms with E-state index in [0.29, 0.717) is 12.0 Å². The number of halogens is 3. The molecular formula is C14H17F3O. The summed E-state index contributed by atoms with van der Waals surface area (Å²) in [4.78, 5) is 10.5. The van der Waals surface area contributed by atoms with Gasteiger partial charge in [0.05, 0.1) is 0 Å². The molecule has 0 saturated carbocycles. The standard InChI is InChI=1S/C14H17F3O/c1-13(2,8-3-9-14(15,16)17)12-6-4-11(10-18)5-7-12/h4-7,10H,3,8-9H2,1-2H3. The number of benzene rings is 1. The van der Waals surface area contributed by atoms with E-state index in [9.17, 15) is 18.0 Å². The molecule has 0 radical (unpaired) electrons. The van der Waals surface area contributed by atoms with Gasteiger partial charge in [-0.15, -0.1) is 0 Å². The predicted molar refractivity (Wildman–Crippen MR) is 64.8 cm³/mol. The second-order valence-corrected chi connectivity index (χ2v) is 5.09. The van der Waals surface area contributed by atoms with Crippen LogP contribution in [0.25, 0.3) is 0 Å². The first-order valence-electron chi connectivity index (χ1n) is 5.87. The maximum absolute atomic E-state index is 12.1. The topological polar surface area (TPSA) is 17.1 Å². The molecule has 0 heterocycles. The van der Waals surface area contributed by atoms with Gasteiger partial charge in [-0.2, -0.15) is 13.2 Å². The van der Waals surface area contributed by atoms with Gasteiger partial charge in [0, 0.05) is 12.0 Å². The summed E-state index contributed by atoms with van der Waals surface area (Å²) >= 11 is 0. The summed E-state index contributed by atoms with van der Waals surface area (Å²) in [5.74, 6) is 0. The molecule has 0 aromatic heterocycles. The van der Waals surface area contributed by atoms with Gasteiger partial charge in [-0.1, -0.05) is 38.1 Å². The van der Waals surface area contributed by atoms with Crippen molar-refractivity contribution < 1.29 is 18.0 Å². The molecule has 1 aromatic carbocycles. The highest BCUT2D eigenvalue weighted by molar-refractivity contribution is 5.74. The number of carbonyl (C=O) groups is 1. The lowest BCUT2D eigenvalue weighted by atomic mass is 9.80. The van der Waals surface area contributed by atoms with Crippen LogP contribution in [0.1, 0.15) is 49.0 Å². The molecule has 18 heavy (non-hydrogen) atoms. The van der Waals surface area contributed by atoms with E-state index >= 15 is 0 Å². The summed E-state index contributed by atoms with van der Waals surface area (Å²) in [5, 5.41) is 0. The van der Waals surface area contributed by atoms with Crippen LogP contribution >= 0.6 is 0 Å². The van der Waals surface area contributed by atoms with E-state index in [1.807, 2.05) is 13.8 Å². The van der Waals surface area contributed by atoms with Gasteiger partial charge in [0.15, 0.2) is 0 Å². The monoisotopic (exact) mass is 258 g/mol. The fraction of sp³-hybridized carbons (Fsp3) is 0.500. The second kappa shape index (κ2) is 5.55. The third kappa shape index (κ3) is 4.51. The average molecular weight is 258 g/mol. The Hall–Kier alpha value is -1.32. The molecule has 4 heteroatoms. The molecule has 0 bridgehead atoms. The Labute approximate surface area is 105 Å². The normalized spacial score (nSPS) is 12.5. The molecule has 0 aliphatic heterocycles. The van der Waals surface area contributed by atoms with Gasteiger partial charge < -0.3 is 0 Å². The number of aldehydes is 1. The van der Waals surface area contributed by atoms with Crippen molar-refractivity contribution in [1.82, 2.24) is 0 Å². The van der Waals surface area contributed by atoms with Gasteiger partial charge in [-0.25, -0.2) is 0 Å². The van der Waals surface area contributed by atoms with E-state index in [2.05, 4.69) is 0 Å². The first-order valence-corrected chi connectivity index (χ1v) is 5.87. The van der Waals surface area contributed by atoms with Crippen molar-refractivity contribution in [1.29, 1.82) is 0 Å². The molecule has 0 unspecified atom stereocenters. The molecule has 0 amide bonds. The molecule has 0 aliphatic carbocycles. The van der Waals surface area contributed by atoms with Crippen LogP contribution < -0.4 is 0 Å². The van der Waals surface area contributed by atoms with Gasteiger partial charge in [0.1, 0.15) is 6.29 Å². The lowest BCUT2D eigenvalue weighted by Gasteiger charge is -2.25. The Morgan fingerprint density at radius 3 is 2.06 bits per heavy atom. The molecule has 1 nitrogen and oxygen atoms in total. The van der Waals surface area contributed by atoms with Crippen molar-refractivity contribution in [3.8, 4) is 0 Å². The molecule has 100 valence electrons. The van der Waals surface area contributed by atoms with E-state index in [1.54, 1.807) is 24.3 Å². The second-order valence-electron chi connectivity index (χ2n) is 5.09. The average Bonchev–Trinajstić information content (AvgIpc) is 2.27. The summed E-state index contributed by atoms with van der Waals surface area (Å²) in [6.07, 6.45) is -3.50. The van der Waals surface area contributed by atoms with Gasteiger partial charge in [0.25, 0.3) is 0 Å². The zero-order valence-electron chi connectivity index (χ0n) is 10.6. The zero-order valence-corrected chi connectivity index (χ0v) is 10.6. The molecule has 0 atom stereocenters. The van der Waals surface area contributed by atoms with Crippen LogP contribution in [-0.4, -0.2) is 12.5 Å². The molecule has 1 aromatic rings. The van der Waals surface area contributed by atoms with Gasteiger partial charge in [-0.05, 0) is 23.8 Å². The Kier molecular flexibility index (Phi) is 4.54. The fourth-order valence-electron chi connectivity index (χ4n) is 1.89. The van der Waals surface area contributed by atoms with E-state index in [0.717, 1.165) is 11.8 Å². The number of alkyl halides is 3. The quantitative estimate of drug-likeness (QED) is 0.710. The van der Waals surface area contributed by atoms with Crippen molar-refractivity contribution in [3.05, 3.63) is 35.4 Å². The van der Waals surface area contributed by atoms with Crippen LogP contribution in [0.15, 0.2) is 24.3 Å². The summed E-state index contributed by atoms with van der Waals surface area (Å²) in [6.45, 7) is 3.83. The maximum Gasteiger partial charge on any atom is 0.389 e. The minimum Gasteiger partial charge on any atom is -0.298 e. The SMILES string of the molecule is CC(C)(CCCC(F)(F)F)c1ccc(C=O)cc1. The Morgan fingerprint density at radius 1 is 1.06 bits per heavy atom. The third-order valence-corrected chi connectivity index (χ3v) is 3.09. The van der Waals surface area contributed by atoms with E-state index in [-0.39, 0.29) is 11.8 Å². The molecular weight excluding hydrogens is 241 g/mol. The van der Waals surface area contributed by atoms with Crippen LogP contribution in [0.5, 0.6) is 0 Å². The van der Waals surface area contributed by atoms with Gasteiger partial charge >= 0.3 is 6.18 Å². The maximum atomic E-state index is 12.1. The highest BCUT2D eigenvalue weighted by Crippen LogP contribution is 2.31. The van der Waals surface area contributed by atoms with Crippen molar-refractivity contribution in [2.24, 2.45) is 0 Å². The van der Waals surface area contributed by atoms with Crippen LogP contribution in [0.4, 0.5) is 13.2 Å². The zero-order chi connectivity index (χ0) is 13.8. The van der Waals surface area contributed by atoms with Gasteiger partial charge in [0.2, 0.25) is 0 Å². The minimum atomic E-state index is -4.09. The first-order chi connectivity index (χ1) is 8.24. The summed E-state index contributed by atoms with van der Waals surface area (Å²) in [6, 6.07) is 6.98. The van der Waals surface area contributed by atoms with Crippen LogP contribution in [-0.2, 0) is 5.41 Å². The van der Waals surface area contributed by atoms with Crippen molar-refractivity contribution in [2.45, 2.75) is 44.7 Å². The van der Waals surface area contributed by atoms with Crippen molar-refractivity contribution in [2.75, 3.05) is 0 Å². The summed E-state index contributed by atoms with van der Waals surface area (Å²) < 4.78 is 36.3. The van der Waals surface area contributed by atoms with E-state index < -0.39 is 12.6 Å². The molecule has 1 rings (SSSR count). The third-order valence-electron chi connectivity index (χ3n) is 3.09. The molecule has 0 spiro atoms. The number of rotatable bonds is 5. The largest absolute Gasteiger partial charge is 0.389 e. The highest BCUT2D eigenvalue weighted by atomic mass is 19.4. The lowest BCUT2D eigenvalue weighted by molar-refractivity contribution is -0.136. The van der Waals surface area contributed by atoms with E-state index in [1.165, 1.54) is 0 Å². The van der Waals surface area contributed by atoms with Gasteiger partial charge in [-0.3, -0.25) is 4.79 Å². The van der Waals surface area contributed by atoms with E-state index in [4.69, 9.17) is 0 Å². The highest BCUT2D eigenvalue weighted by Gasteiger charge is 2.28. The Morgan fingerprint density at radius 2 is 1.61 bits per heavy atom. The smallest absolute Gasteiger partial charge is 0.298 e. The van der Waals surface area contributed by atoms with Crippen LogP contribution in [0, 0.1) is 0 Å². The lowest BCUT2D eigenvalue weighted by Crippen LogP contribution is -2.18. The number of carbonyl (C=O) groups excluding carboxylic acids is 1. The summed E-state index contributed by atoms with van der Waals surface area (Å²) in [7, 11) is 0. The predicted octanol–water partition coefficient (Wildman–Crippen LogP) is 4.51. The Balaban J connectivity index is 2.64. The van der Waals surface area contributed by atoms with Crippen LogP contribution in [0.2, 0.25) is 0 Å². The molecule has 0 fully saturated rings. The Bertz CT molecular complexity index is 390. The minimum absolute atomic E-state index is 0.117. The number of hydrogen-bond acceptors (Lipinski definition) is 1. The van der Waals surface area contributed by atoms with Crippen LogP contribution in [0.3, 0.4) is 0 Å². The van der Waals surface area contributed by atoms with Crippen molar-refractivity contribution in [3.63, 3.8) is 0 Å². The number of hydrogen-bond donors (Lipinski definition) is 0. The summed E-state index contributed by atoms with van der Waals surface area (Å²) in [5.41, 5.74) is 1.22. The molecule has 0 N–H and O–H groups in total. The molecule has 0 aliphatic rings.